The molecule has 0 N–H and O–H groups in total. The highest BCUT2D eigenvalue weighted by Gasteiger charge is 2.19. The standard InChI is InChI=1S/C17H22N2O2S/c1-17(2,3)22-13-16(20)19(12-15-7-5-9-21-15)11-14-6-4-8-18-10-14/h4-10H,11-13H2,1-3H3. The van der Waals surface area contributed by atoms with Crippen molar-refractivity contribution in [3.8, 4) is 0 Å². The Morgan fingerprint density at radius 1 is 1.27 bits per heavy atom. The van der Waals surface area contributed by atoms with Crippen molar-refractivity contribution in [3.05, 3.63) is 54.2 Å². The van der Waals surface area contributed by atoms with Crippen molar-refractivity contribution in [1.82, 2.24) is 9.88 Å². The summed E-state index contributed by atoms with van der Waals surface area (Å²) in [5.74, 6) is 1.36. The number of rotatable bonds is 6. The van der Waals surface area contributed by atoms with Crippen LogP contribution in [0.4, 0.5) is 0 Å². The Kier molecular flexibility index (Phi) is 5.66. The van der Waals surface area contributed by atoms with Gasteiger partial charge in [-0.25, -0.2) is 0 Å². The first-order valence-electron chi connectivity index (χ1n) is 7.27. The molecule has 5 heteroatoms. The van der Waals surface area contributed by atoms with Gasteiger partial charge in [-0.2, -0.15) is 0 Å². The van der Waals surface area contributed by atoms with Crippen molar-refractivity contribution in [2.24, 2.45) is 0 Å². The van der Waals surface area contributed by atoms with E-state index in [0.717, 1.165) is 11.3 Å². The Labute approximate surface area is 135 Å². The zero-order valence-electron chi connectivity index (χ0n) is 13.3. The number of carbonyl (C=O) groups excluding carboxylic acids is 1. The van der Waals surface area contributed by atoms with E-state index in [0.29, 0.717) is 18.8 Å². The fourth-order valence-electron chi connectivity index (χ4n) is 1.90. The Balaban J connectivity index is 2.05. The molecule has 0 aliphatic carbocycles. The third-order valence-corrected chi connectivity index (χ3v) is 4.26. The molecule has 0 aliphatic rings. The van der Waals surface area contributed by atoms with Crippen molar-refractivity contribution in [2.45, 2.75) is 38.6 Å². The predicted molar refractivity (Wildman–Crippen MR) is 89.4 cm³/mol. The average Bonchev–Trinajstić information content (AvgIpc) is 2.97. The van der Waals surface area contributed by atoms with Crippen LogP contribution in [0.15, 0.2) is 47.3 Å². The van der Waals surface area contributed by atoms with Crippen molar-refractivity contribution >= 4 is 17.7 Å². The molecule has 0 unspecified atom stereocenters. The molecule has 0 radical (unpaired) electrons. The van der Waals surface area contributed by atoms with Gasteiger partial charge in [0.1, 0.15) is 5.76 Å². The summed E-state index contributed by atoms with van der Waals surface area (Å²) in [6, 6.07) is 7.59. The first-order chi connectivity index (χ1) is 10.4. The van der Waals surface area contributed by atoms with Gasteiger partial charge in [0.15, 0.2) is 0 Å². The predicted octanol–water partition coefficient (Wildman–Crippen LogP) is 3.74. The highest BCUT2D eigenvalue weighted by atomic mass is 32.2. The number of hydrogen-bond donors (Lipinski definition) is 0. The number of carbonyl (C=O) groups is 1. The monoisotopic (exact) mass is 318 g/mol. The second-order valence-electron chi connectivity index (χ2n) is 6.09. The zero-order chi connectivity index (χ0) is 16.0. The van der Waals surface area contributed by atoms with Crippen molar-refractivity contribution in [1.29, 1.82) is 0 Å². The number of amides is 1. The van der Waals surface area contributed by atoms with Crippen LogP contribution in [0.3, 0.4) is 0 Å². The lowest BCUT2D eigenvalue weighted by molar-refractivity contribution is -0.129. The van der Waals surface area contributed by atoms with E-state index >= 15 is 0 Å². The van der Waals surface area contributed by atoms with E-state index in [1.165, 1.54) is 0 Å². The van der Waals surface area contributed by atoms with Crippen LogP contribution in [0, 0.1) is 0 Å². The van der Waals surface area contributed by atoms with Gasteiger partial charge in [-0.1, -0.05) is 26.8 Å². The Bertz CT molecular complexity index is 576. The molecule has 2 aromatic rings. The fraction of sp³-hybridized carbons (Fsp3) is 0.412. The van der Waals surface area contributed by atoms with Crippen LogP contribution < -0.4 is 0 Å². The topological polar surface area (TPSA) is 46.3 Å². The van der Waals surface area contributed by atoms with Crippen molar-refractivity contribution in [3.63, 3.8) is 0 Å². The first-order valence-corrected chi connectivity index (χ1v) is 8.25. The summed E-state index contributed by atoms with van der Waals surface area (Å²) >= 11 is 1.66. The molecule has 2 rings (SSSR count). The van der Waals surface area contributed by atoms with Crippen LogP contribution in [0.2, 0.25) is 0 Å². The molecule has 0 aromatic carbocycles. The number of thioether (sulfide) groups is 1. The Hall–Kier alpha value is -1.75. The summed E-state index contributed by atoms with van der Waals surface area (Å²) in [5, 5.41) is 0. The number of nitrogens with zero attached hydrogens (tertiary/aromatic N) is 2. The molecule has 0 saturated carbocycles. The summed E-state index contributed by atoms with van der Waals surface area (Å²) in [7, 11) is 0. The summed E-state index contributed by atoms with van der Waals surface area (Å²) in [6.07, 6.45) is 5.16. The number of pyridine rings is 1. The minimum atomic E-state index is 0.0698. The SMILES string of the molecule is CC(C)(C)SCC(=O)N(Cc1cccnc1)Cc1ccco1. The molecule has 0 aliphatic heterocycles. The van der Waals surface area contributed by atoms with Gasteiger partial charge in [0.25, 0.3) is 0 Å². The van der Waals surface area contributed by atoms with Gasteiger partial charge in [-0.15, -0.1) is 11.8 Å². The fourth-order valence-corrected chi connectivity index (χ4v) is 2.64. The molecule has 2 heterocycles. The smallest absolute Gasteiger partial charge is 0.233 e. The molecule has 2 aromatic heterocycles. The molecule has 0 saturated heterocycles. The van der Waals surface area contributed by atoms with E-state index in [9.17, 15) is 4.79 Å². The Morgan fingerprint density at radius 2 is 2.09 bits per heavy atom. The summed E-state index contributed by atoms with van der Waals surface area (Å²) in [4.78, 5) is 18.5. The maximum Gasteiger partial charge on any atom is 0.233 e. The number of furan rings is 1. The second kappa shape index (κ2) is 7.49. The molecule has 0 atom stereocenters. The van der Waals surface area contributed by atoms with Gasteiger partial charge in [0.05, 0.1) is 18.6 Å². The normalized spacial score (nSPS) is 11.4. The highest BCUT2D eigenvalue weighted by molar-refractivity contribution is 8.01. The Morgan fingerprint density at radius 3 is 2.68 bits per heavy atom. The third-order valence-electron chi connectivity index (χ3n) is 3.00. The van der Waals surface area contributed by atoms with Crippen LogP contribution in [-0.4, -0.2) is 26.3 Å². The second-order valence-corrected chi connectivity index (χ2v) is 7.89. The van der Waals surface area contributed by atoms with Gasteiger partial charge in [-0.05, 0) is 23.8 Å². The van der Waals surface area contributed by atoms with E-state index in [-0.39, 0.29) is 10.7 Å². The van der Waals surface area contributed by atoms with E-state index < -0.39 is 0 Å². The van der Waals surface area contributed by atoms with E-state index in [2.05, 4.69) is 25.8 Å². The molecular weight excluding hydrogens is 296 g/mol. The molecule has 0 bridgehead atoms. The molecule has 118 valence electrons. The summed E-state index contributed by atoms with van der Waals surface area (Å²) < 4.78 is 5.45. The molecular formula is C17H22N2O2S. The average molecular weight is 318 g/mol. The van der Waals surface area contributed by atoms with Gasteiger partial charge >= 0.3 is 0 Å². The quantitative estimate of drug-likeness (QED) is 0.814. The summed E-state index contributed by atoms with van der Waals surface area (Å²) in [5.41, 5.74) is 1.02. The largest absolute Gasteiger partial charge is 0.467 e. The van der Waals surface area contributed by atoms with E-state index in [1.807, 2.05) is 29.2 Å². The van der Waals surface area contributed by atoms with E-state index in [1.54, 1.807) is 30.4 Å². The number of aromatic nitrogens is 1. The lowest BCUT2D eigenvalue weighted by atomic mass is 10.2. The molecule has 0 fully saturated rings. The van der Waals surface area contributed by atoms with Gasteiger partial charge in [-0.3, -0.25) is 9.78 Å². The van der Waals surface area contributed by atoms with Crippen LogP contribution in [0.25, 0.3) is 0 Å². The lowest BCUT2D eigenvalue weighted by Crippen LogP contribution is -2.32. The van der Waals surface area contributed by atoms with Gasteiger partial charge in [0, 0.05) is 23.7 Å². The van der Waals surface area contributed by atoms with E-state index in [4.69, 9.17) is 4.42 Å². The highest BCUT2D eigenvalue weighted by Crippen LogP contribution is 2.24. The van der Waals surface area contributed by atoms with Crippen molar-refractivity contribution in [2.75, 3.05) is 5.75 Å². The van der Waals surface area contributed by atoms with Crippen LogP contribution in [0.5, 0.6) is 0 Å². The molecule has 0 spiro atoms. The first kappa shape index (κ1) is 16.6. The lowest BCUT2D eigenvalue weighted by Gasteiger charge is -2.24. The maximum atomic E-state index is 12.6. The third kappa shape index (κ3) is 5.56. The van der Waals surface area contributed by atoms with Crippen LogP contribution in [0.1, 0.15) is 32.1 Å². The van der Waals surface area contributed by atoms with Crippen molar-refractivity contribution < 1.29 is 9.21 Å². The minimum Gasteiger partial charge on any atom is -0.467 e. The van der Waals surface area contributed by atoms with Gasteiger partial charge in [0.2, 0.25) is 5.91 Å². The molecule has 4 nitrogen and oxygen atoms in total. The van der Waals surface area contributed by atoms with Crippen LogP contribution >= 0.6 is 11.8 Å². The summed E-state index contributed by atoms with van der Waals surface area (Å²) in [6.45, 7) is 7.36. The zero-order valence-corrected chi connectivity index (χ0v) is 14.1. The molecule has 22 heavy (non-hydrogen) atoms. The number of hydrogen-bond acceptors (Lipinski definition) is 4. The maximum absolute atomic E-state index is 12.6. The minimum absolute atomic E-state index is 0.0698. The van der Waals surface area contributed by atoms with Crippen LogP contribution in [-0.2, 0) is 17.9 Å². The van der Waals surface area contributed by atoms with Gasteiger partial charge < -0.3 is 9.32 Å². The molecule has 1 amide bonds.